The number of aromatic nitrogens is 1. The number of hydrogen-bond donors (Lipinski definition) is 2. The monoisotopic (exact) mass is 386 g/mol. The fraction of sp³-hybridized carbons (Fsp3) is 0.467. The fourth-order valence-electron chi connectivity index (χ4n) is 2.24. The summed E-state index contributed by atoms with van der Waals surface area (Å²) in [5.41, 5.74) is 7.37. The van der Waals surface area contributed by atoms with Crippen LogP contribution in [-0.4, -0.2) is 17.5 Å². The first-order valence-corrected chi connectivity index (χ1v) is 7.00. The number of allylic oxidation sites excluding steroid dienone is 1. The lowest BCUT2D eigenvalue weighted by atomic mass is 10.1. The quantitative estimate of drug-likeness (QED) is 0.359. The molecule has 0 atom stereocenters. The molecule has 0 saturated heterocycles. The third-order valence-electron chi connectivity index (χ3n) is 3.27. The van der Waals surface area contributed by atoms with Gasteiger partial charge in [0, 0.05) is 12.7 Å². The zero-order chi connectivity index (χ0) is 13.3. The van der Waals surface area contributed by atoms with Crippen LogP contribution in [0.5, 0.6) is 0 Å². The molecule has 0 fully saturated rings. The van der Waals surface area contributed by atoms with E-state index in [4.69, 9.17) is 5.73 Å². The Balaban J connectivity index is 0.00000200. The molecule has 2 rings (SSSR count). The van der Waals surface area contributed by atoms with Gasteiger partial charge in [0.25, 0.3) is 0 Å². The Bertz CT molecular complexity index is 442. The topological polar surface area (TPSA) is 63.3 Å². The molecular formula is C15H23IN4. The third-order valence-corrected chi connectivity index (χ3v) is 3.27. The van der Waals surface area contributed by atoms with Crippen molar-refractivity contribution in [1.82, 2.24) is 4.98 Å². The van der Waals surface area contributed by atoms with Gasteiger partial charge < -0.3 is 11.1 Å². The van der Waals surface area contributed by atoms with Crippen molar-refractivity contribution in [2.24, 2.45) is 10.7 Å². The highest BCUT2D eigenvalue weighted by Gasteiger charge is 2.02. The molecule has 1 aliphatic carbocycles. The van der Waals surface area contributed by atoms with Crippen molar-refractivity contribution in [3.63, 3.8) is 0 Å². The van der Waals surface area contributed by atoms with Crippen LogP contribution in [-0.2, 0) is 0 Å². The zero-order valence-electron chi connectivity index (χ0n) is 11.7. The predicted octanol–water partition coefficient (Wildman–Crippen LogP) is 3.71. The summed E-state index contributed by atoms with van der Waals surface area (Å²) in [7, 11) is 0. The smallest absolute Gasteiger partial charge is 0.194 e. The molecular weight excluding hydrogens is 363 g/mol. The van der Waals surface area contributed by atoms with Gasteiger partial charge in [0.15, 0.2) is 5.96 Å². The lowest BCUT2D eigenvalue weighted by Gasteiger charge is -2.05. The number of nitrogens with two attached hydrogens (primary N) is 1. The Morgan fingerprint density at radius 2 is 2.20 bits per heavy atom. The summed E-state index contributed by atoms with van der Waals surface area (Å²) in [6.45, 7) is 0.748. The predicted molar refractivity (Wildman–Crippen MR) is 95.5 cm³/mol. The standard InChI is InChI=1S/C15H22N4.HI/c16-15(19-14-9-5-6-11-17-14)18-12-10-13-7-3-1-2-4-8-13;/h5-7,9,11H,1-4,8,10,12H2,(H3,16,17,18,19);1H. The molecule has 3 N–H and O–H groups in total. The van der Waals surface area contributed by atoms with Crippen molar-refractivity contribution >= 4 is 35.8 Å². The van der Waals surface area contributed by atoms with Crippen LogP contribution in [0.15, 0.2) is 41.0 Å². The normalized spacial score (nSPS) is 15.8. The second-order valence-electron chi connectivity index (χ2n) is 4.82. The number of anilines is 1. The van der Waals surface area contributed by atoms with E-state index in [1.165, 1.54) is 37.7 Å². The van der Waals surface area contributed by atoms with Crippen molar-refractivity contribution in [3.8, 4) is 0 Å². The molecule has 4 nitrogen and oxygen atoms in total. The first-order chi connectivity index (χ1) is 9.34. The van der Waals surface area contributed by atoms with Gasteiger partial charge in [-0.05, 0) is 44.2 Å². The van der Waals surface area contributed by atoms with Gasteiger partial charge in [-0.15, -0.1) is 24.0 Å². The molecule has 1 heterocycles. The van der Waals surface area contributed by atoms with Crippen LogP contribution in [0.1, 0.15) is 38.5 Å². The summed E-state index contributed by atoms with van der Waals surface area (Å²) in [5, 5.41) is 2.99. The molecule has 1 aromatic heterocycles. The van der Waals surface area contributed by atoms with E-state index in [-0.39, 0.29) is 24.0 Å². The van der Waals surface area contributed by atoms with Crippen LogP contribution in [0.3, 0.4) is 0 Å². The summed E-state index contributed by atoms with van der Waals surface area (Å²) in [5.74, 6) is 1.17. The van der Waals surface area contributed by atoms with E-state index < -0.39 is 0 Å². The third kappa shape index (κ3) is 6.36. The minimum Gasteiger partial charge on any atom is -0.370 e. The molecule has 0 radical (unpaired) electrons. The molecule has 0 aliphatic heterocycles. The van der Waals surface area contributed by atoms with Gasteiger partial charge in [0.05, 0.1) is 0 Å². The highest BCUT2D eigenvalue weighted by molar-refractivity contribution is 14.0. The minimum absolute atomic E-state index is 0. The van der Waals surface area contributed by atoms with E-state index in [9.17, 15) is 0 Å². The maximum absolute atomic E-state index is 5.83. The summed E-state index contributed by atoms with van der Waals surface area (Å²) in [4.78, 5) is 8.49. The molecule has 5 heteroatoms. The fourth-order valence-corrected chi connectivity index (χ4v) is 2.24. The molecule has 0 spiro atoms. The average Bonchev–Trinajstić information content (AvgIpc) is 2.68. The van der Waals surface area contributed by atoms with Gasteiger partial charge in [0.2, 0.25) is 0 Å². The van der Waals surface area contributed by atoms with Gasteiger partial charge in [-0.25, -0.2) is 4.98 Å². The highest BCUT2D eigenvalue weighted by Crippen LogP contribution is 2.19. The number of pyridine rings is 1. The van der Waals surface area contributed by atoms with Crippen LogP contribution < -0.4 is 11.1 Å². The molecule has 110 valence electrons. The number of nitrogens with one attached hydrogen (secondary N) is 1. The van der Waals surface area contributed by atoms with E-state index in [0.29, 0.717) is 5.96 Å². The molecule has 20 heavy (non-hydrogen) atoms. The van der Waals surface area contributed by atoms with Crippen LogP contribution in [0.2, 0.25) is 0 Å². The summed E-state index contributed by atoms with van der Waals surface area (Å²) >= 11 is 0. The number of rotatable bonds is 4. The van der Waals surface area contributed by atoms with Crippen molar-refractivity contribution in [2.45, 2.75) is 38.5 Å². The summed E-state index contributed by atoms with van der Waals surface area (Å²) in [6.07, 6.45) is 11.6. The van der Waals surface area contributed by atoms with Gasteiger partial charge in [-0.3, -0.25) is 4.99 Å². The molecule has 0 saturated carbocycles. The van der Waals surface area contributed by atoms with Crippen molar-refractivity contribution in [1.29, 1.82) is 0 Å². The first-order valence-electron chi connectivity index (χ1n) is 7.00. The Morgan fingerprint density at radius 3 is 3.00 bits per heavy atom. The minimum atomic E-state index is 0. The number of guanidine groups is 1. The maximum atomic E-state index is 5.83. The molecule has 0 amide bonds. The highest BCUT2D eigenvalue weighted by atomic mass is 127. The SMILES string of the molecule is I.NC(=NCCC1=CCCCCC1)Nc1ccccn1. The molecule has 0 unspecified atom stereocenters. The van der Waals surface area contributed by atoms with E-state index >= 15 is 0 Å². The Kier molecular flexibility index (Phi) is 8.25. The second kappa shape index (κ2) is 9.74. The average molecular weight is 386 g/mol. The van der Waals surface area contributed by atoms with Gasteiger partial charge in [-0.2, -0.15) is 0 Å². The molecule has 1 aliphatic rings. The van der Waals surface area contributed by atoms with Crippen LogP contribution in [0.25, 0.3) is 0 Å². The largest absolute Gasteiger partial charge is 0.370 e. The van der Waals surface area contributed by atoms with Gasteiger partial charge in [0.1, 0.15) is 5.82 Å². The molecule has 1 aromatic rings. The van der Waals surface area contributed by atoms with E-state index in [0.717, 1.165) is 18.8 Å². The van der Waals surface area contributed by atoms with Gasteiger partial charge >= 0.3 is 0 Å². The van der Waals surface area contributed by atoms with E-state index in [2.05, 4.69) is 21.4 Å². The van der Waals surface area contributed by atoms with Crippen molar-refractivity contribution < 1.29 is 0 Å². The van der Waals surface area contributed by atoms with Gasteiger partial charge in [-0.1, -0.05) is 24.1 Å². The Labute approximate surface area is 138 Å². The zero-order valence-corrected chi connectivity index (χ0v) is 14.0. The van der Waals surface area contributed by atoms with E-state index in [1.54, 1.807) is 6.20 Å². The Morgan fingerprint density at radius 1 is 1.30 bits per heavy atom. The number of aliphatic imine (C=N–C) groups is 1. The van der Waals surface area contributed by atoms with Crippen LogP contribution in [0.4, 0.5) is 5.82 Å². The van der Waals surface area contributed by atoms with Crippen LogP contribution in [0, 0.1) is 0 Å². The maximum Gasteiger partial charge on any atom is 0.194 e. The lowest BCUT2D eigenvalue weighted by Crippen LogP contribution is -2.23. The van der Waals surface area contributed by atoms with E-state index in [1.807, 2.05) is 18.2 Å². The lowest BCUT2D eigenvalue weighted by molar-refractivity contribution is 0.702. The number of halogens is 1. The Hall–Kier alpha value is -1.11. The second-order valence-corrected chi connectivity index (χ2v) is 4.82. The number of nitrogens with zero attached hydrogens (tertiary/aromatic N) is 2. The summed E-state index contributed by atoms with van der Waals surface area (Å²) < 4.78 is 0. The number of hydrogen-bond acceptors (Lipinski definition) is 2. The van der Waals surface area contributed by atoms with Crippen molar-refractivity contribution in [2.75, 3.05) is 11.9 Å². The summed E-state index contributed by atoms with van der Waals surface area (Å²) in [6, 6.07) is 5.66. The van der Waals surface area contributed by atoms with Crippen molar-refractivity contribution in [3.05, 3.63) is 36.0 Å². The van der Waals surface area contributed by atoms with Crippen LogP contribution >= 0.6 is 24.0 Å². The first kappa shape index (κ1) is 16.9. The molecule has 0 aromatic carbocycles. The molecule has 0 bridgehead atoms.